The Morgan fingerprint density at radius 2 is 1.92 bits per heavy atom. The van der Waals surface area contributed by atoms with Crippen molar-refractivity contribution in [3.63, 3.8) is 0 Å². The first kappa shape index (κ1) is 17.7. The molecule has 24 heavy (non-hydrogen) atoms. The Kier molecular flexibility index (Phi) is 5.45. The maximum Gasteiger partial charge on any atom is 0.233 e. The van der Waals surface area contributed by atoms with Gasteiger partial charge in [0.15, 0.2) is 0 Å². The van der Waals surface area contributed by atoms with Crippen molar-refractivity contribution in [2.45, 2.75) is 76.1 Å². The number of amides is 1. The molecule has 0 bridgehead atoms. The third kappa shape index (κ3) is 3.75. The topological polar surface area (TPSA) is 54.9 Å². The molecule has 2 heterocycles. The fourth-order valence-corrected chi connectivity index (χ4v) is 5.39. The molecule has 0 saturated heterocycles. The van der Waals surface area contributed by atoms with Gasteiger partial charge in [0, 0.05) is 16.3 Å². The van der Waals surface area contributed by atoms with E-state index in [-0.39, 0.29) is 11.2 Å². The number of fused-ring (bicyclic) bond motifs is 1. The number of thioether (sulfide) groups is 1. The van der Waals surface area contributed by atoms with Crippen LogP contribution in [-0.4, -0.2) is 27.2 Å². The van der Waals surface area contributed by atoms with E-state index in [0.717, 1.165) is 33.9 Å². The third-order valence-electron chi connectivity index (χ3n) is 4.72. The van der Waals surface area contributed by atoms with Crippen LogP contribution in [0.4, 0.5) is 0 Å². The van der Waals surface area contributed by atoms with Crippen LogP contribution in [0, 0.1) is 20.8 Å². The quantitative estimate of drug-likeness (QED) is 0.640. The van der Waals surface area contributed by atoms with Crippen LogP contribution < -0.4 is 5.32 Å². The van der Waals surface area contributed by atoms with Crippen LogP contribution in [0.2, 0.25) is 0 Å². The van der Waals surface area contributed by atoms with Gasteiger partial charge in [0.25, 0.3) is 0 Å². The molecule has 2 aromatic heterocycles. The molecular weight excluding hydrogens is 338 g/mol. The average Bonchev–Trinajstić information content (AvgIpc) is 2.82. The number of nitrogens with one attached hydrogen (secondary N) is 1. The first-order valence-corrected chi connectivity index (χ1v) is 10.4. The number of thiophene rings is 1. The predicted octanol–water partition coefficient (Wildman–Crippen LogP) is 4.55. The zero-order valence-electron chi connectivity index (χ0n) is 14.8. The van der Waals surface area contributed by atoms with E-state index in [2.05, 4.69) is 29.1 Å². The van der Waals surface area contributed by atoms with E-state index >= 15 is 0 Å². The monoisotopic (exact) mass is 363 g/mol. The average molecular weight is 364 g/mol. The minimum atomic E-state index is -0.149. The van der Waals surface area contributed by atoms with E-state index in [0.29, 0.717) is 6.04 Å². The number of rotatable bonds is 4. The van der Waals surface area contributed by atoms with Crippen molar-refractivity contribution in [3.05, 3.63) is 16.3 Å². The molecule has 3 rings (SSSR count). The molecule has 6 heteroatoms. The lowest BCUT2D eigenvalue weighted by atomic mass is 9.95. The molecule has 1 aliphatic rings. The molecule has 1 saturated carbocycles. The Morgan fingerprint density at radius 3 is 2.62 bits per heavy atom. The van der Waals surface area contributed by atoms with Gasteiger partial charge >= 0.3 is 0 Å². The van der Waals surface area contributed by atoms with E-state index in [9.17, 15) is 4.79 Å². The summed E-state index contributed by atoms with van der Waals surface area (Å²) in [5, 5.41) is 5.12. The molecule has 0 unspecified atom stereocenters. The number of carbonyl (C=O) groups is 1. The molecule has 130 valence electrons. The predicted molar refractivity (Wildman–Crippen MR) is 102 cm³/mol. The Morgan fingerprint density at radius 1 is 1.21 bits per heavy atom. The van der Waals surface area contributed by atoms with Crippen LogP contribution in [0.5, 0.6) is 0 Å². The summed E-state index contributed by atoms with van der Waals surface area (Å²) >= 11 is 3.26. The fraction of sp³-hybridized carbons (Fsp3) is 0.611. The van der Waals surface area contributed by atoms with Gasteiger partial charge in [-0.3, -0.25) is 4.79 Å². The SMILES string of the molecule is Cc1nc(S[C@H](C)C(=O)NC2CCCCC2)c2c(C)c(C)sc2n1. The first-order chi connectivity index (χ1) is 11.5. The second-order valence-electron chi connectivity index (χ2n) is 6.64. The van der Waals surface area contributed by atoms with Gasteiger partial charge in [-0.1, -0.05) is 31.0 Å². The largest absolute Gasteiger partial charge is 0.352 e. The van der Waals surface area contributed by atoms with E-state index in [4.69, 9.17) is 0 Å². The summed E-state index contributed by atoms with van der Waals surface area (Å²) in [4.78, 5) is 24.0. The summed E-state index contributed by atoms with van der Waals surface area (Å²) in [6.45, 7) is 8.12. The number of hydrogen-bond acceptors (Lipinski definition) is 5. The maximum atomic E-state index is 12.6. The third-order valence-corrected chi connectivity index (χ3v) is 6.90. The fourth-order valence-electron chi connectivity index (χ4n) is 3.19. The number of nitrogens with zero attached hydrogens (tertiary/aromatic N) is 2. The lowest BCUT2D eigenvalue weighted by Crippen LogP contribution is -2.40. The standard InChI is InChI=1S/C18H25N3OS2/c1-10-11(2)23-17-15(10)18(20-13(4)19-17)24-12(3)16(22)21-14-8-6-5-7-9-14/h12,14H,5-9H2,1-4H3,(H,21,22)/t12-/m1/s1. The second-order valence-corrected chi connectivity index (χ2v) is 9.18. The van der Waals surface area contributed by atoms with Crippen molar-refractivity contribution >= 4 is 39.2 Å². The van der Waals surface area contributed by atoms with Gasteiger partial charge in [0.1, 0.15) is 15.7 Å². The highest BCUT2D eigenvalue weighted by molar-refractivity contribution is 8.00. The van der Waals surface area contributed by atoms with Gasteiger partial charge in [-0.05, 0) is 46.1 Å². The zero-order valence-corrected chi connectivity index (χ0v) is 16.4. The molecule has 0 radical (unpaired) electrons. The zero-order chi connectivity index (χ0) is 17.3. The summed E-state index contributed by atoms with van der Waals surface area (Å²) in [6, 6.07) is 0.353. The van der Waals surface area contributed by atoms with Crippen molar-refractivity contribution in [3.8, 4) is 0 Å². The Bertz CT molecular complexity index is 750. The summed E-state index contributed by atoms with van der Waals surface area (Å²) < 4.78 is 0. The van der Waals surface area contributed by atoms with Crippen LogP contribution in [0.1, 0.15) is 55.3 Å². The van der Waals surface area contributed by atoms with Gasteiger partial charge in [0.05, 0.1) is 5.25 Å². The van der Waals surface area contributed by atoms with E-state index in [1.165, 1.54) is 29.7 Å². The smallest absolute Gasteiger partial charge is 0.233 e. The molecule has 0 aromatic carbocycles. The number of aromatic nitrogens is 2. The summed E-state index contributed by atoms with van der Waals surface area (Å²) in [5.74, 6) is 0.895. The first-order valence-electron chi connectivity index (χ1n) is 8.67. The Labute approximate surface area is 151 Å². The van der Waals surface area contributed by atoms with Crippen molar-refractivity contribution in [1.29, 1.82) is 0 Å². The Hall–Kier alpha value is -1.14. The van der Waals surface area contributed by atoms with Gasteiger partial charge in [0.2, 0.25) is 5.91 Å². The maximum absolute atomic E-state index is 12.6. The summed E-state index contributed by atoms with van der Waals surface area (Å²) in [7, 11) is 0. The Balaban J connectivity index is 1.77. The van der Waals surface area contributed by atoms with Gasteiger partial charge in [-0.2, -0.15) is 0 Å². The van der Waals surface area contributed by atoms with Crippen molar-refractivity contribution in [1.82, 2.24) is 15.3 Å². The van der Waals surface area contributed by atoms with Crippen LogP contribution in [-0.2, 0) is 4.79 Å². The number of hydrogen-bond donors (Lipinski definition) is 1. The molecule has 0 aliphatic heterocycles. The van der Waals surface area contributed by atoms with Crippen molar-refractivity contribution in [2.75, 3.05) is 0 Å². The molecule has 2 aromatic rings. The highest BCUT2D eigenvalue weighted by Gasteiger charge is 2.23. The number of aryl methyl sites for hydroxylation is 3. The molecule has 1 aliphatic carbocycles. The second kappa shape index (κ2) is 7.40. The lowest BCUT2D eigenvalue weighted by Gasteiger charge is -2.24. The summed E-state index contributed by atoms with van der Waals surface area (Å²) in [6.07, 6.45) is 5.98. The minimum Gasteiger partial charge on any atom is -0.352 e. The molecule has 1 fully saturated rings. The van der Waals surface area contributed by atoms with Crippen molar-refractivity contribution in [2.24, 2.45) is 0 Å². The molecule has 1 atom stereocenters. The normalized spacial score (nSPS) is 17.2. The minimum absolute atomic E-state index is 0.126. The molecule has 0 spiro atoms. The molecule has 4 nitrogen and oxygen atoms in total. The van der Waals surface area contributed by atoms with Gasteiger partial charge in [-0.15, -0.1) is 11.3 Å². The van der Waals surface area contributed by atoms with E-state index in [1.807, 2.05) is 13.8 Å². The van der Waals surface area contributed by atoms with Gasteiger partial charge < -0.3 is 5.32 Å². The van der Waals surface area contributed by atoms with Crippen LogP contribution >= 0.6 is 23.1 Å². The van der Waals surface area contributed by atoms with Crippen LogP contribution in [0.15, 0.2) is 5.03 Å². The van der Waals surface area contributed by atoms with Crippen LogP contribution in [0.3, 0.4) is 0 Å². The number of carbonyl (C=O) groups excluding carboxylic acids is 1. The lowest BCUT2D eigenvalue weighted by molar-refractivity contribution is -0.121. The van der Waals surface area contributed by atoms with Gasteiger partial charge in [-0.25, -0.2) is 9.97 Å². The molecule has 1 amide bonds. The van der Waals surface area contributed by atoms with Crippen LogP contribution in [0.25, 0.3) is 10.2 Å². The molecule has 1 N–H and O–H groups in total. The highest BCUT2D eigenvalue weighted by atomic mass is 32.2. The van der Waals surface area contributed by atoms with E-state index in [1.54, 1.807) is 23.1 Å². The highest BCUT2D eigenvalue weighted by Crippen LogP contribution is 2.36. The summed E-state index contributed by atoms with van der Waals surface area (Å²) in [5.41, 5.74) is 1.23. The molecular formula is C18H25N3OS2. The van der Waals surface area contributed by atoms with Crippen molar-refractivity contribution < 1.29 is 4.79 Å². The van der Waals surface area contributed by atoms with E-state index < -0.39 is 0 Å².